The highest BCUT2D eigenvalue weighted by Gasteiger charge is 2.25. The van der Waals surface area contributed by atoms with Crippen molar-refractivity contribution in [2.75, 3.05) is 14.2 Å². The topological polar surface area (TPSA) is 89.1 Å². The van der Waals surface area contributed by atoms with E-state index in [2.05, 4.69) is 15.9 Å². The second kappa shape index (κ2) is 6.19. The van der Waals surface area contributed by atoms with Crippen LogP contribution in [-0.2, 0) is 0 Å². The molecule has 2 rings (SSSR count). The van der Waals surface area contributed by atoms with Crippen molar-refractivity contribution >= 4 is 21.9 Å². The first-order chi connectivity index (χ1) is 9.99. The minimum Gasteiger partial charge on any atom is -0.493 e. The van der Waals surface area contributed by atoms with E-state index in [1.165, 1.54) is 26.5 Å². The highest BCUT2D eigenvalue weighted by molar-refractivity contribution is 9.10. The SMILES string of the molecule is COc1cc(Br)c(C(O)c2occc2C(=O)O)cc1OC. The number of halogens is 1. The molecule has 0 spiro atoms. The molecule has 0 aliphatic carbocycles. The molecule has 0 saturated heterocycles. The van der Waals surface area contributed by atoms with Crippen LogP contribution in [0.15, 0.2) is 33.4 Å². The van der Waals surface area contributed by atoms with Gasteiger partial charge in [0.1, 0.15) is 11.7 Å². The molecule has 1 heterocycles. The molecule has 0 radical (unpaired) electrons. The van der Waals surface area contributed by atoms with Crippen LogP contribution in [-0.4, -0.2) is 30.4 Å². The van der Waals surface area contributed by atoms with Crippen LogP contribution >= 0.6 is 15.9 Å². The maximum absolute atomic E-state index is 11.1. The van der Waals surface area contributed by atoms with Gasteiger partial charge < -0.3 is 24.1 Å². The van der Waals surface area contributed by atoms with Crippen LogP contribution < -0.4 is 9.47 Å². The van der Waals surface area contributed by atoms with Gasteiger partial charge in [0.25, 0.3) is 0 Å². The summed E-state index contributed by atoms with van der Waals surface area (Å²) in [6, 6.07) is 4.47. The van der Waals surface area contributed by atoms with Gasteiger partial charge in [0.05, 0.1) is 20.5 Å². The minimum atomic E-state index is -1.25. The van der Waals surface area contributed by atoms with Gasteiger partial charge in [0, 0.05) is 10.0 Å². The van der Waals surface area contributed by atoms with Gasteiger partial charge in [0.2, 0.25) is 0 Å². The predicted molar refractivity (Wildman–Crippen MR) is 77.0 cm³/mol. The third-order valence-corrected chi connectivity index (χ3v) is 3.66. The van der Waals surface area contributed by atoms with Crippen molar-refractivity contribution in [1.82, 2.24) is 0 Å². The van der Waals surface area contributed by atoms with E-state index in [-0.39, 0.29) is 11.3 Å². The summed E-state index contributed by atoms with van der Waals surface area (Å²) in [6.07, 6.45) is -0.0308. The van der Waals surface area contributed by atoms with E-state index in [0.717, 1.165) is 0 Å². The van der Waals surface area contributed by atoms with Gasteiger partial charge in [-0.2, -0.15) is 0 Å². The Kier molecular flexibility index (Phi) is 4.54. The van der Waals surface area contributed by atoms with Crippen LogP contribution in [0.2, 0.25) is 0 Å². The number of hydrogen-bond donors (Lipinski definition) is 2. The lowest BCUT2D eigenvalue weighted by Gasteiger charge is -2.15. The Morgan fingerprint density at radius 2 is 1.90 bits per heavy atom. The average molecular weight is 357 g/mol. The molecule has 1 aromatic carbocycles. The van der Waals surface area contributed by atoms with Gasteiger partial charge in [-0.25, -0.2) is 4.79 Å². The number of aliphatic hydroxyl groups is 1. The predicted octanol–water partition coefficient (Wildman–Crippen LogP) is 2.84. The summed E-state index contributed by atoms with van der Waals surface area (Å²) in [4.78, 5) is 11.1. The number of rotatable bonds is 5. The van der Waals surface area contributed by atoms with Crippen molar-refractivity contribution in [2.24, 2.45) is 0 Å². The molecule has 112 valence electrons. The standard InChI is InChI=1S/C14H13BrO6/c1-19-10-5-8(9(15)6-11(10)20-2)12(16)13-7(14(17)18)3-4-21-13/h3-6,12,16H,1-2H3,(H,17,18). The molecule has 1 aromatic heterocycles. The molecule has 0 fully saturated rings. The number of benzene rings is 1. The first kappa shape index (κ1) is 15.4. The molecule has 2 N–H and O–H groups in total. The zero-order valence-corrected chi connectivity index (χ0v) is 12.9. The fourth-order valence-corrected chi connectivity index (χ4v) is 2.47. The maximum atomic E-state index is 11.1. The molecule has 1 unspecified atom stereocenters. The molecule has 7 heteroatoms. The van der Waals surface area contributed by atoms with Crippen molar-refractivity contribution in [1.29, 1.82) is 0 Å². The number of aliphatic hydroxyl groups excluding tert-OH is 1. The van der Waals surface area contributed by atoms with E-state index in [9.17, 15) is 9.90 Å². The van der Waals surface area contributed by atoms with Crippen LogP contribution in [0, 0.1) is 0 Å². The highest BCUT2D eigenvalue weighted by Crippen LogP contribution is 2.38. The molecule has 0 aliphatic rings. The van der Waals surface area contributed by atoms with Crippen molar-refractivity contribution in [2.45, 2.75) is 6.10 Å². The van der Waals surface area contributed by atoms with Gasteiger partial charge in [-0.3, -0.25) is 0 Å². The van der Waals surface area contributed by atoms with Gasteiger partial charge in [-0.05, 0) is 18.2 Å². The van der Waals surface area contributed by atoms with Gasteiger partial charge in [-0.1, -0.05) is 15.9 Å². The summed E-state index contributed by atoms with van der Waals surface area (Å²) < 4.78 is 16.0. The Bertz CT molecular complexity index is 663. The lowest BCUT2D eigenvalue weighted by molar-refractivity contribution is 0.0687. The number of carboxylic acid groups (broad SMARTS) is 1. The molecule has 2 aromatic rings. The van der Waals surface area contributed by atoms with Crippen molar-refractivity contribution < 1.29 is 28.9 Å². The molecule has 6 nitrogen and oxygen atoms in total. The van der Waals surface area contributed by atoms with Crippen molar-refractivity contribution in [3.63, 3.8) is 0 Å². The number of carboxylic acids is 1. The summed E-state index contributed by atoms with van der Waals surface area (Å²) in [5, 5.41) is 19.5. The maximum Gasteiger partial charge on any atom is 0.339 e. The number of ether oxygens (including phenoxy) is 2. The zero-order valence-electron chi connectivity index (χ0n) is 11.3. The summed E-state index contributed by atoms with van der Waals surface area (Å²) >= 11 is 3.31. The Labute approximate surface area is 129 Å². The number of aromatic carboxylic acids is 1. The second-order valence-corrected chi connectivity index (χ2v) is 4.99. The Morgan fingerprint density at radius 1 is 1.29 bits per heavy atom. The molecular formula is C14H13BrO6. The second-order valence-electron chi connectivity index (χ2n) is 4.13. The van der Waals surface area contributed by atoms with E-state index in [0.29, 0.717) is 21.5 Å². The first-order valence-corrected chi connectivity index (χ1v) is 6.69. The quantitative estimate of drug-likeness (QED) is 0.856. The van der Waals surface area contributed by atoms with Gasteiger partial charge in [0.15, 0.2) is 17.3 Å². The summed E-state index contributed by atoms with van der Waals surface area (Å²) in [5.74, 6) is -0.318. The van der Waals surface area contributed by atoms with E-state index in [1.807, 2.05) is 0 Å². The van der Waals surface area contributed by atoms with Gasteiger partial charge in [-0.15, -0.1) is 0 Å². The van der Waals surface area contributed by atoms with E-state index < -0.39 is 12.1 Å². The molecule has 0 aliphatic heterocycles. The molecule has 1 atom stereocenters. The van der Waals surface area contributed by atoms with Gasteiger partial charge >= 0.3 is 5.97 Å². The van der Waals surface area contributed by atoms with E-state index in [1.54, 1.807) is 12.1 Å². The monoisotopic (exact) mass is 356 g/mol. The van der Waals surface area contributed by atoms with E-state index >= 15 is 0 Å². The lowest BCUT2D eigenvalue weighted by atomic mass is 10.0. The molecule has 0 amide bonds. The highest BCUT2D eigenvalue weighted by atomic mass is 79.9. The largest absolute Gasteiger partial charge is 0.493 e. The third-order valence-electron chi connectivity index (χ3n) is 2.97. The molecule has 21 heavy (non-hydrogen) atoms. The number of methoxy groups -OCH3 is 2. The van der Waals surface area contributed by atoms with Crippen LogP contribution in [0.5, 0.6) is 11.5 Å². The summed E-state index contributed by atoms with van der Waals surface area (Å²) in [5.41, 5.74) is 0.314. The first-order valence-electron chi connectivity index (χ1n) is 5.89. The Morgan fingerprint density at radius 3 is 2.48 bits per heavy atom. The van der Waals surface area contributed by atoms with Crippen LogP contribution in [0.25, 0.3) is 0 Å². The normalized spacial score (nSPS) is 12.0. The van der Waals surface area contributed by atoms with Crippen LogP contribution in [0.1, 0.15) is 27.8 Å². The van der Waals surface area contributed by atoms with Crippen molar-refractivity contribution in [3.8, 4) is 11.5 Å². The Hall–Kier alpha value is -1.99. The fraction of sp³-hybridized carbons (Fsp3) is 0.214. The third kappa shape index (κ3) is 2.88. The smallest absolute Gasteiger partial charge is 0.339 e. The zero-order chi connectivity index (χ0) is 15.6. The Balaban J connectivity index is 2.50. The number of carbonyl (C=O) groups is 1. The lowest BCUT2D eigenvalue weighted by Crippen LogP contribution is -2.07. The number of furan rings is 1. The molecule has 0 saturated carbocycles. The molecule has 0 bridgehead atoms. The average Bonchev–Trinajstić information content (AvgIpc) is 2.95. The van der Waals surface area contributed by atoms with E-state index in [4.69, 9.17) is 19.0 Å². The summed E-state index contributed by atoms with van der Waals surface area (Å²) in [6.45, 7) is 0. The molecular weight excluding hydrogens is 344 g/mol. The fourth-order valence-electron chi connectivity index (χ4n) is 1.93. The van der Waals surface area contributed by atoms with Crippen LogP contribution in [0.3, 0.4) is 0 Å². The summed E-state index contributed by atoms with van der Waals surface area (Å²) in [7, 11) is 2.97. The number of hydrogen-bond acceptors (Lipinski definition) is 5. The minimum absolute atomic E-state index is 0.0459. The van der Waals surface area contributed by atoms with Crippen molar-refractivity contribution in [3.05, 3.63) is 45.8 Å². The van der Waals surface area contributed by atoms with Crippen LogP contribution in [0.4, 0.5) is 0 Å².